The van der Waals surface area contributed by atoms with Crippen molar-refractivity contribution in [2.45, 2.75) is 20.8 Å². The molecule has 0 radical (unpaired) electrons. The molecule has 4 rings (SSSR count). The average Bonchev–Trinajstić information content (AvgIpc) is 3.23. The van der Waals surface area contributed by atoms with Crippen molar-refractivity contribution in [3.8, 4) is 17.0 Å². The summed E-state index contributed by atoms with van der Waals surface area (Å²) >= 11 is 1.69. The number of amides is 1. The van der Waals surface area contributed by atoms with Crippen LogP contribution in [0, 0.1) is 20.8 Å². The highest BCUT2D eigenvalue weighted by Crippen LogP contribution is 2.33. The van der Waals surface area contributed by atoms with Crippen LogP contribution in [0.2, 0.25) is 0 Å². The molecular weight excluding hydrogens is 374 g/mol. The van der Waals surface area contributed by atoms with Crippen LogP contribution in [0.1, 0.15) is 25.8 Å². The molecule has 28 heavy (non-hydrogen) atoms. The molecule has 6 nitrogen and oxygen atoms in total. The first-order valence-corrected chi connectivity index (χ1v) is 9.58. The summed E-state index contributed by atoms with van der Waals surface area (Å²) in [7, 11) is 1.57. The Morgan fingerprint density at radius 1 is 1.18 bits per heavy atom. The molecule has 0 bridgehead atoms. The number of para-hydroxylation sites is 2. The molecule has 1 N–H and O–H groups in total. The Hall–Kier alpha value is -3.19. The zero-order valence-electron chi connectivity index (χ0n) is 16.0. The summed E-state index contributed by atoms with van der Waals surface area (Å²) in [5, 5.41) is 7.54. The predicted octanol–water partition coefficient (Wildman–Crippen LogP) is 5.14. The summed E-state index contributed by atoms with van der Waals surface area (Å²) in [6.07, 6.45) is 0. The van der Waals surface area contributed by atoms with Crippen LogP contribution < -0.4 is 10.1 Å². The van der Waals surface area contributed by atoms with E-state index in [1.165, 1.54) is 4.88 Å². The van der Waals surface area contributed by atoms with E-state index in [4.69, 9.17) is 9.26 Å². The number of thiophene rings is 1. The SMILES string of the molecule is COc1ccccc1NC(=O)c1cc(-c2cc(C)sc2C)nc2onc(C)c12. The van der Waals surface area contributed by atoms with E-state index >= 15 is 0 Å². The van der Waals surface area contributed by atoms with Crippen LogP contribution in [0.25, 0.3) is 22.4 Å². The molecule has 0 aliphatic heterocycles. The number of fused-ring (bicyclic) bond motifs is 1. The topological polar surface area (TPSA) is 77.2 Å². The van der Waals surface area contributed by atoms with E-state index in [1.807, 2.05) is 26.0 Å². The fraction of sp³-hybridized carbons (Fsp3) is 0.190. The summed E-state index contributed by atoms with van der Waals surface area (Å²) < 4.78 is 10.7. The molecule has 0 spiro atoms. The number of hydrogen-bond acceptors (Lipinski definition) is 6. The van der Waals surface area contributed by atoms with Gasteiger partial charge in [-0.15, -0.1) is 11.3 Å². The van der Waals surface area contributed by atoms with Crippen molar-refractivity contribution in [2.75, 3.05) is 12.4 Å². The van der Waals surface area contributed by atoms with Crippen molar-refractivity contribution in [3.05, 3.63) is 57.4 Å². The van der Waals surface area contributed by atoms with Gasteiger partial charge >= 0.3 is 0 Å². The average molecular weight is 393 g/mol. The monoisotopic (exact) mass is 393 g/mol. The molecule has 0 aliphatic rings. The lowest BCUT2D eigenvalue weighted by Gasteiger charge is -2.11. The summed E-state index contributed by atoms with van der Waals surface area (Å²) in [5.74, 6) is 0.321. The Kier molecular flexibility index (Phi) is 4.60. The van der Waals surface area contributed by atoms with E-state index < -0.39 is 0 Å². The minimum atomic E-state index is -0.269. The van der Waals surface area contributed by atoms with E-state index in [0.29, 0.717) is 39.5 Å². The van der Waals surface area contributed by atoms with Gasteiger partial charge in [-0.25, -0.2) is 4.98 Å². The van der Waals surface area contributed by atoms with Crippen LogP contribution >= 0.6 is 11.3 Å². The Labute approximate surface area is 166 Å². The third-order valence-electron chi connectivity index (χ3n) is 4.53. The van der Waals surface area contributed by atoms with Gasteiger partial charge < -0.3 is 14.6 Å². The van der Waals surface area contributed by atoms with Crippen LogP contribution in [0.4, 0.5) is 5.69 Å². The molecular formula is C21H19N3O3S. The molecule has 1 amide bonds. The first kappa shape index (κ1) is 18.2. The normalized spacial score (nSPS) is 11.0. The fourth-order valence-corrected chi connectivity index (χ4v) is 4.17. The lowest BCUT2D eigenvalue weighted by Crippen LogP contribution is -2.13. The van der Waals surface area contributed by atoms with Gasteiger partial charge in [0.1, 0.15) is 5.75 Å². The molecule has 0 fully saturated rings. The van der Waals surface area contributed by atoms with Crippen molar-refractivity contribution in [1.29, 1.82) is 0 Å². The number of hydrogen-bond donors (Lipinski definition) is 1. The molecule has 0 unspecified atom stereocenters. The highest BCUT2D eigenvalue weighted by atomic mass is 32.1. The van der Waals surface area contributed by atoms with Gasteiger partial charge in [0.15, 0.2) is 0 Å². The summed E-state index contributed by atoms with van der Waals surface area (Å²) in [5.41, 5.74) is 3.72. The number of rotatable bonds is 4. The van der Waals surface area contributed by atoms with Crippen LogP contribution in [0.3, 0.4) is 0 Å². The summed E-state index contributed by atoms with van der Waals surface area (Å²) in [4.78, 5) is 20.1. The van der Waals surface area contributed by atoms with Gasteiger partial charge in [0, 0.05) is 15.3 Å². The van der Waals surface area contributed by atoms with Gasteiger partial charge in [-0.1, -0.05) is 17.3 Å². The molecule has 0 saturated heterocycles. The third-order valence-corrected chi connectivity index (χ3v) is 5.50. The number of benzene rings is 1. The molecule has 1 aromatic carbocycles. The first-order chi connectivity index (χ1) is 13.5. The van der Waals surface area contributed by atoms with Crippen LogP contribution in [0.15, 0.2) is 40.9 Å². The first-order valence-electron chi connectivity index (χ1n) is 8.76. The number of carbonyl (C=O) groups excluding carboxylic acids is 1. The molecule has 0 aliphatic carbocycles. The van der Waals surface area contributed by atoms with Crippen molar-refractivity contribution >= 4 is 34.0 Å². The second kappa shape index (κ2) is 7.09. The van der Waals surface area contributed by atoms with Crippen LogP contribution in [-0.4, -0.2) is 23.2 Å². The molecule has 4 aromatic rings. The van der Waals surface area contributed by atoms with Crippen molar-refractivity contribution < 1.29 is 14.1 Å². The molecule has 0 atom stereocenters. The number of ether oxygens (including phenoxy) is 1. The zero-order valence-corrected chi connectivity index (χ0v) is 16.8. The third kappa shape index (κ3) is 3.14. The highest BCUT2D eigenvalue weighted by molar-refractivity contribution is 7.12. The molecule has 142 valence electrons. The number of aromatic nitrogens is 2. The van der Waals surface area contributed by atoms with E-state index in [0.717, 1.165) is 10.4 Å². The Morgan fingerprint density at radius 3 is 2.68 bits per heavy atom. The van der Waals surface area contributed by atoms with Gasteiger partial charge in [-0.2, -0.15) is 0 Å². The van der Waals surface area contributed by atoms with Gasteiger partial charge in [0.25, 0.3) is 11.6 Å². The number of nitrogens with zero attached hydrogens (tertiary/aromatic N) is 2. The lowest BCUT2D eigenvalue weighted by atomic mass is 10.1. The molecule has 3 heterocycles. The molecule has 3 aromatic heterocycles. The Balaban J connectivity index is 1.84. The molecule has 7 heteroatoms. The quantitative estimate of drug-likeness (QED) is 0.520. The summed E-state index contributed by atoms with van der Waals surface area (Å²) in [6, 6.07) is 11.1. The van der Waals surface area contributed by atoms with Gasteiger partial charge in [0.2, 0.25) is 0 Å². The van der Waals surface area contributed by atoms with Crippen molar-refractivity contribution in [1.82, 2.24) is 10.1 Å². The maximum atomic E-state index is 13.2. The van der Waals surface area contributed by atoms with Gasteiger partial charge in [-0.05, 0) is 45.0 Å². The van der Waals surface area contributed by atoms with E-state index in [2.05, 4.69) is 21.5 Å². The lowest BCUT2D eigenvalue weighted by molar-refractivity contribution is 0.102. The Morgan fingerprint density at radius 2 is 1.96 bits per heavy atom. The smallest absolute Gasteiger partial charge is 0.259 e. The zero-order chi connectivity index (χ0) is 19.8. The number of anilines is 1. The van der Waals surface area contributed by atoms with Gasteiger partial charge in [-0.3, -0.25) is 4.79 Å². The minimum absolute atomic E-state index is 0.269. The second-order valence-electron chi connectivity index (χ2n) is 6.48. The number of aryl methyl sites for hydroxylation is 3. The predicted molar refractivity (Wildman–Crippen MR) is 110 cm³/mol. The van der Waals surface area contributed by atoms with E-state index in [9.17, 15) is 4.79 Å². The minimum Gasteiger partial charge on any atom is -0.495 e. The number of carbonyl (C=O) groups is 1. The maximum absolute atomic E-state index is 13.2. The van der Waals surface area contributed by atoms with E-state index in [1.54, 1.807) is 43.6 Å². The molecule has 0 saturated carbocycles. The maximum Gasteiger partial charge on any atom is 0.259 e. The van der Waals surface area contributed by atoms with Crippen molar-refractivity contribution in [3.63, 3.8) is 0 Å². The van der Waals surface area contributed by atoms with E-state index in [-0.39, 0.29) is 5.91 Å². The summed E-state index contributed by atoms with van der Waals surface area (Å²) in [6.45, 7) is 5.89. The largest absolute Gasteiger partial charge is 0.495 e. The standard InChI is InChI=1S/C21H19N3O3S/c1-11-9-14(13(3)28-11)17-10-15(19-12(2)24-27-21(19)23-17)20(25)22-16-7-5-6-8-18(16)26-4/h5-10H,1-4H3,(H,22,25). The van der Waals surface area contributed by atoms with Crippen molar-refractivity contribution in [2.24, 2.45) is 0 Å². The number of methoxy groups -OCH3 is 1. The van der Waals surface area contributed by atoms with Gasteiger partial charge in [0.05, 0.1) is 35.1 Å². The number of nitrogens with one attached hydrogen (secondary N) is 1. The Bertz CT molecular complexity index is 1190. The second-order valence-corrected chi connectivity index (χ2v) is 7.94. The van der Waals surface area contributed by atoms with Crippen LogP contribution in [-0.2, 0) is 0 Å². The number of pyridine rings is 1. The fourth-order valence-electron chi connectivity index (χ4n) is 3.23. The van der Waals surface area contributed by atoms with Crippen LogP contribution in [0.5, 0.6) is 5.75 Å². The highest BCUT2D eigenvalue weighted by Gasteiger charge is 2.21.